The summed E-state index contributed by atoms with van der Waals surface area (Å²) >= 11 is 0. The van der Waals surface area contributed by atoms with Crippen molar-refractivity contribution < 1.29 is 13.9 Å². The van der Waals surface area contributed by atoms with Gasteiger partial charge in [-0.05, 0) is 19.8 Å². The van der Waals surface area contributed by atoms with Crippen molar-refractivity contribution in [3.05, 3.63) is 11.3 Å². The highest BCUT2D eigenvalue weighted by Crippen LogP contribution is 2.24. The average molecular weight is 349 g/mol. The van der Waals surface area contributed by atoms with Gasteiger partial charge in [0.05, 0.1) is 18.5 Å². The molecule has 3 aliphatic rings. The number of allylic oxidation sites excluding steroid dienone is 1. The molecule has 3 heterocycles. The molecule has 0 aliphatic carbocycles. The molecule has 3 aliphatic heterocycles. The lowest BCUT2D eigenvalue weighted by Crippen LogP contribution is -2.41. The van der Waals surface area contributed by atoms with Crippen molar-refractivity contribution in [1.29, 1.82) is 0 Å². The zero-order valence-corrected chi connectivity index (χ0v) is 16.3. The number of hydrogen-bond acceptors (Lipinski definition) is 3. The van der Waals surface area contributed by atoms with Crippen LogP contribution in [-0.4, -0.2) is 77.5 Å². The summed E-state index contributed by atoms with van der Waals surface area (Å²) in [5.41, 5.74) is 7.79. The predicted molar refractivity (Wildman–Crippen MR) is 103 cm³/mol. The van der Waals surface area contributed by atoms with Gasteiger partial charge in [-0.2, -0.15) is 0 Å². The van der Waals surface area contributed by atoms with Gasteiger partial charge in [0, 0.05) is 0 Å². The van der Waals surface area contributed by atoms with Gasteiger partial charge in [0.1, 0.15) is 44.1 Å². The summed E-state index contributed by atoms with van der Waals surface area (Å²) in [6.07, 6.45) is 8.29. The number of rotatable bonds is 8. The van der Waals surface area contributed by atoms with E-state index in [1.54, 1.807) is 0 Å². The molecular formula is C20H36N4O+2. The molecule has 140 valence electrons. The van der Waals surface area contributed by atoms with Crippen molar-refractivity contribution in [3.63, 3.8) is 0 Å². The molecule has 0 saturated heterocycles. The Balaban J connectivity index is 1.67. The maximum atomic E-state index is 6.52. The Morgan fingerprint density at radius 1 is 1.24 bits per heavy atom. The second kappa shape index (κ2) is 8.35. The smallest absolute Gasteiger partial charge is 0.251 e. The summed E-state index contributed by atoms with van der Waals surface area (Å²) in [6, 6.07) is 0.00290. The number of amidine groups is 1. The normalized spacial score (nSPS) is 26.4. The summed E-state index contributed by atoms with van der Waals surface area (Å²) in [6.45, 7) is 13.1. The van der Waals surface area contributed by atoms with Crippen molar-refractivity contribution in [2.45, 2.75) is 65.0 Å². The molecule has 0 bridgehead atoms. The molecule has 0 aromatic rings. The summed E-state index contributed by atoms with van der Waals surface area (Å²) in [5.74, 6) is 2.55. The van der Waals surface area contributed by atoms with E-state index in [2.05, 4.69) is 41.0 Å². The second-order valence-corrected chi connectivity index (χ2v) is 7.61. The minimum Gasteiger partial charge on any atom is -0.488 e. The van der Waals surface area contributed by atoms with E-state index in [4.69, 9.17) is 10.5 Å². The highest BCUT2D eigenvalue weighted by atomic mass is 16.5. The fraction of sp³-hybridized carbons (Fsp3) is 0.800. The van der Waals surface area contributed by atoms with Crippen molar-refractivity contribution in [2.24, 2.45) is 5.73 Å². The highest BCUT2D eigenvalue weighted by Gasteiger charge is 2.41. The van der Waals surface area contributed by atoms with Gasteiger partial charge in [-0.15, -0.1) is 0 Å². The largest absolute Gasteiger partial charge is 0.488 e. The van der Waals surface area contributed by atoms with Crippen LogP contribution in [0.15, 0.2) is 11.3 Å². The fourth-order valence-corrected chi connectivity index (χ4v) is 4.27. The fourth-order valence-electron chi connectivity index (χ4n) is 4.27. The first-order valence-electron chi connectivity index (χ1n) is 10.3. The highest BCUT2D eigenvalue weighted by molar-refractivity contribution is 5.80. The lowest BCUT2D eigenvalue weighted by atomic mass is 10.0. The van der Waals surface area contributed by atoms with Gasteiger partial charge in [-0.3, -0.25) is 9.48 Å². The molecule has 0 aromatic heterocycles. The van der Waals surface area contributed by atoms with Crippen molar-refractivity contribution >= 4 is 12.1 Å². The van der Waals surface area contributed by atoms with E-state index in [0.717, 1.165) is 51.2 Å². The minimum absolute atomic E-state index is 0.00290. The second-order valence-electron chi connectivity index (χ2n) is 7.61. The summed E-state index contributed by atoms with van der Waals surface area (Å²) in [4.78, 5) is 2.57. The zero-order chi connectivity index (χ0) is 17.8. The first kappa shape index (κ1) is 18.4. The van der Waals surface area contributed by atoms with Gasteiger partial charge < -0.3 is 10.5 Å². The van der Waals surface area contributed by atoms with Crippen LogP contribution in [0.25, 0.3) is 0 Å². The SMILES string of the molecule is CCCCN1CC[N+]2=C1C[C@@H](OC1=C(CCC)C=[N+](CC)CC1N)C2. The Labute approximate surface area is 152 Å². The van der Waals surface area contributed by atoms with Crippen LogP contribution in [0.3, 0.4) is 0 Å². The van der Waals surface area contributed by atoms with Gasteiger partial charge in [0.25, 0.3) is 5.84 Å². The Hall–Kier alpha value is -1.36. The van der Waals surface area contributed by atoms with E-state index >= 15 is 0 Å². The molecule has 0 saturated carbocycles. The Morgan fingerprint density at radius 2 is 2.08 bits per heavy atom. The first-order valence-corrected chi connectivity index (χ1v) is 10.3. The third-order valence-electron chi connectivity index (χ3n) is 5.63. The zero-order valence-electron chi connectivity index (χ0n) is 16.3. The molecule has 0 spiro atoms. The average Bonchev–Trinajstić information content (AvgIpc) is 3.16. The topological polar surface area (TPSA) is 44.5 Å². The van der Waals surface area contributed by atoms with E-state index in [9.17, 15) is 0 Å². The van der Waals surface area contributed by atoms with Crippen LogP contribution in [-0.2, 0) is 4.74 Å². The molecule has 5 heteroatoms. The number of unbranched alkanes of at least 4 members (excludes halogenated alkanes) is 1. The summed E-state index contributed by atoms with van der Waals surface area (Å²) in [7, 11) is 0. The predicted octanol–water partition coefficient (Wildman–Crippen LogP) is 1.80. The van der Waals surface area contributed by atoms with Crippen LogP contribution in [0.4, 0.5) is 0 Å². The van der Waals surface area contributed by atoms with Crippen LogP contribution in [0.2, 0.25) is 0 Å². The first-order chi connectivity index (χ1) is 12.2. The number of nitrogens with zero attached hydrogens (tertiary/aromatic N) is 3. The molecule has 3 rings (SSSR count). The quantitative estimate of drug-likeness (QED) is 0.680. The number of ether oxygens (including phenoxy) is 1. The maximum Gasteiger partial charge on any atom is 0.251 e. The molecule has 0 fully saturated rings. The van der Waals surface area contributed by atoms with Crippen LogP contribution in [0, 0.1) is 0 Å². The Kier molecular flexibility index (Phi) is 6.15. The third kappa shape index (κ3) is 4.08. The number of hydrogen-bond donors (Lipinski definition) is 1. The standard InChI is InChI=1S/C20H36N4O/c1-4-7-9-23-10-11-24-14-17(12-19(23)24)25-20-16(8-5-2)13-22(6-3)15-18(20)21/h13,17-18H,4-12,14-15,21H2,1-3H3/q+2/t17-,18?/m1/s1. The van der Waals surface area contributed by atoms with E-state index < -0.39 is 0 Å². The third-order valence-corrected chi connectivity index (χ3v) is 5.63. The van der Waals surface area contributed by atoms with Crippen LogP contribution >= 0.6 is 0 Å². The minimum atomic E-state index is 0.00290. The lowest BCUT2D eigenvalue weighted by molar-refractivity contribution is -0.524. The van der Waals surface area contributed by atoms with Gasteiger partial charge in [-0.1, -0.05) is 26.7 Å². The monoisotopic (exact) mass is 348 g/mol. The van der Waals surface area contributed by atoms with E-state index in [-0.39, 0.29) is 12.1 Å². The number of nitrogens with two attached hydrogens (primary N) is 1. The van der Waals surface area contributed by atoms with Crippen LogP contribution in [0.5, 0.6) is 0 Å². The van der Waals surface area contributed by atoms with Crippen molar-refractivity contribution in [1.82, 2.24) is 4.90 Å². The van der Waals surface area contributed by atoms with Gasteiger partial charge in [-0.25, -0.2) is 4.58 Å². The molecule has 0 aromatic carbocycles. The van der Waals surface area contributed by atoms with E-state index in [0.29, 0.717) is 0 Å². The number of likely N-dealkylation sites (N-methyl/N-ethyl adjacent to an activating group) is 1. The summed E-state index contributed by atoms with van der Waals surface area (Å²) in [5, 5.41) is 0. The van der Waals surface area contributed by atoms with Gasteiger partial charge in [0.15, 0.2) is 12.8 Å². The van der Waals surface area contributed by atoms with Crippen LogP contribution < -0.4 is 5.73 Å². The van der Waals surface area contributed by atoms with Gasteiger partial charge in [0.2, 0.25) is 0 Å². The van der Waals surface area contributed by atoms with Crippen molar-refractivity contribution in [2.75, 3.05) is 39.3 Å². The molecule has 2 N–H and O–H groups in total. The van der Waals surface area contributed by atoms with E-state index in [1.807, 2.05) is 0 Å². The Bertz CT molecular complexity index is 578. The molecule has 25 heavy (non-hydrogen) atoms. The molecule has 0 radical (unpaired) electrons. The molecule has 0 amide bonds. The Morgan fingerprint density at radius 3 is 2.80 bits per heavy atom. The molecular weight excluding hydrogens is 312 g/mol. The van der Waals surface area contributed by atoms with Crippen LogP contribution in [0.1, 0.15) is 52.9 Å². The lowest BCUT2D eigenvalue weighted by Gasteiger charge is -2.25. The summed E-state index contributed by atoms with van der Waals surface area (Å²) < 4.78 is 11.4. The van der Waals surface area contributed by atoms with E-state index in [1.165, 1.54) is 37.3 Å². The molecule has 2 atom stereocenters. The van der Waals surface area contributed by atoms with Crippen molar-refractivity contribution in [3.8, 4) is 0 Å². The van der Waals surface area contributed by atoms with Gasteiger partial charge >= 0.3 is 0 Å². The molecule has 1 unspecified atom stereocenters. The molecule has 5 nitrogen and oxygen atoms in total. The maximum absolute atomic E-state index is 6.52.